The molecule has 0 saturated heterocycles. The Balaban J connectivity index is 1.47. The van der Waals surface area contributed by atoms with Gasteiger partial charge in [0.1, 0.15) is 5.75 Å². The summed E-state index contributed by atoms with van der Waals surface area (Å²) < 4.78 is 7.40. The number of thioether (sulfide) groups is 1. The molecule has 6 nitrogen and oxygen atoms in total. The Kier molecular flexibility index (Phi) is 4.62. The van der Waals surface area contributed by atoms with Crippen molar-refractivity contribution in [3.05, 3.63) is 59.7 Å². The van der Waals surface area contributed by atoms with Crippen LogP contribution in [0.4, 0.5) is 5.69 Å². The molecular weight excluding hydrogens is 396 g/mol. The summed E-state index contributed by atoms with van der Waals surface area (Å²) in [5, 5.41) is 10.5. The minimum atomic E-state index is 0.0906. The van der Waals surface area contributed by atoms with Gasteiger partial charge < -0.3 is 9.64 Å². The van der Waals surface area contributed by atoms with Gasteiger partial charge in [0.25, 0.3) is 0 Å². The minimum Gasteiger partial charge on any atom is -0.497 e. The van der Waals surface area contributed by atoms with Gasteiger partial charge in [0.15, 0.2) is 10.8 Å². The molecule has 3 heterocycles. The Morgan fingerprint density at radius 2 is 2.03 bits per heavy atom. The summed E-state index contributed by atoms with van der Waals surface area (Å²) >= 11 is 1.43. The van der Waals surface area contributed by atoms with E-state index in [1.807, 2.05) is 52.6 Å². The Morgan fingerprint density at radius 3 is 2.87 bits per heavy atom. The number of hydrogen-bond acceptors (Lipinski definition) is 5. The lowest BCUT2D eigenvalue weighted by Gasteiger charge is -2.22. The van der Waals surface area contributed by atoms with E-state index in [4.69, 9.17) is 4.74 Å². The lowest BCUT2D eigenvalue weighted by Crippen LogP contribution is -2.37. The third-order valence-corrected chi connectivity index (χ3v) is 6.55. The molecule has 0 aliphatic carbocycles. The van der Waals surface area contributed by atoms with Crippen LogP contribution in [0.25, 0.3) is 16.6 Å². The van der Waals surface area contributed by atoms with Gasteiger partial charge in [-0.1, -0.05) is 30.0 Å². The first-order valence-electron chi connectivity index (χ1n) is 9.92. The molecule has 1 amide bonds. The van der Waals surface area contributed by atoms with Crippen LogP contribution in [0.15, 0.2) is 53.7 Å². The van der Waals surface area contributed by atoms with E-state index in [9.17, 15) is 4.79 Å². The number of aryl methyl sites for hydroxylation is 1. The number of anilines is 1. The predicted molar refractivity (Wildman–Crippen MR) is 120 cm³/mol. The van der Waals surface area contributed by atoms with Crippen molar-refractivity contribution < 1.29 is 9.53 Å². The molecule has 0 radical (unpaired) electrons. The lowest BCUT2D eigenvalue weighted by molar-refractivity contribution is -0.116. The van der Waals surface area contributed by atoms with Gasteiger partial charge in [-0.2, -0.15) is 0 Å². The van der Waals surface area contributed by atoms with Gasteiger partial charge in [-0.25, -0.2) is 0 Å². The third-order valence-electron chi connectivity index (χ3n) is 5.63. The zero-order valence-electron chi connectivity index (χ0n) is 17.1. The van der Waals surface area contributed by atoms with Gasteiger partial charge in [-0.3, -0.25) is 9.20 Å². The fourth-order valence-electron chi connectivity index (χ4n) is 4.25. The second kappa shape index (κ2) is 7.32. The zero-order valence-corrected chi connectivity index (χ0v) is 17.9. The molecule has 152 valence electrons. The second-order valence-corrected chi connectivity index (χ2v) is 8.57. The molecule has 0 N–H and O–H groups in total. The summed E-state index contributed by atoms with van der Waals surface area (Å²) in [7, 11) is 1.66. The highest BCUT2D eigenvalue weighted by molar-refractivity contribution is 7.99. The summed E-state index contributed by atoms with van der Waals surface area (Å²) in [6.07, 6.45) is 0.895. The van der Waals surface area contributed by atoms with Crippen molar-refractivity contribution in [1.29, 1.82) is 0 Å². The number of nitrogens with zero attached hydrogens (tertiary/aromatic N) is 4. The largest absolute Gasteiger partial charge is 0.497 e. The molecule has 0 saturated carbocycles. The molecule has 0 spiro atoms. The van der Waals surface area contributed by atoms with Crippen molar-refractivity contribution in [3.63, 3.8) is 0 Å². The number of benzene rings is 2. The number of ether oxygens (including phenoxy) is 1. The van der Waals surface area contributed by atoms with Crippen LogP contribution < -0.4 is 9.64 Å². The topological polar surface area (TPSA) is 59.7 Å². The summed E-state index contributed by atoms with van der Waals surface area (Å²) in [4.78, 5) is 15.0. The van der Waals surface area contributed by atoms with Gasteiger partial charge in [0.05, 0.1) is 18.4 Å². The van der Waals surface area contributed by atoms with E-state index in [0.29, 0.717) is 5.75 Å². The van der Waals surface area contributed by atoms with Crippen LogP contribution >= 0.6 is 11.8 Å². The molecule has 0 bridgehead atoms. The van der Waals surface area contributed by atoms with E-state index in [-0.39, 0.29) is 11.9 Å². The van der Waals surface area contributed by atoms with Crippen molar-refractivity contribution in [2.24, 2.45) is 0 Å². The van der Waals surface area contributed by atoms with Crippen LogP contribution in [-0.2, 0) is 11.2 Å². The first-order valence-corrected chi connectivity index (χ1v) is 10.9. The molecule has 7 heteroatoms. The van der Waals surface area contributed by atoms with E-state index >= 15 is 0 Å². The van der Waals surface area contributed by atoms with Crippen LogP contribution in [-0.4, -0.2) is 39.4 Å². The highest BCUT2D eigenvalue weighted by Gasteiger charge is 2.30. The van der Waals surface area contributed by atoms with E-state index in [1.54, 1.807) is 7.11 Å². The quantitative estimate of drug-likeness (QED) is 0.463. The number of rotatable bonds is 4. The van der Waals surface area contributed by atoms with Gasteiger partial charge >= 0.3 is 0 Å². The first kappa shape index (κ1) is 18.9. The number of amides is 1. The van der Waals surface area contributed by atoms with Crippen molar-refractivity contribution in [3.8, 4) is 5.75 Å². The number of para-hydroxylation sites is 1. The monoisotopic (exact) mass is 418 g/mol. The number of hydrogen-bond donors (Lipinski definition) is 0. The zero-order chi connectivity index (χ0) is 20.8. The molecule has 2 aromatic carbocycles. The maximum atomic E-state index is 13.1. The van der Waals surface area contributed by atoms with E-state index in [0.717, 1.165) is 45.1 Å². The summed E-state index contributed by atoms with van der Waals surface area (Å²) in [5.41, 5.74) is 5.09. The lowest BCUT2D eigenvalue weighted by atomic mass is 10.1. The highest BCUT2D eigenvalue weighted by atomic mass is 32.2. The summed E-state index contributed by atoms with van der Waals surface area (Å²) in [5.74, 6) is 1.21. The van der Waals surface area contributed by atoms with Gasteiger partial charge in [-0.05, 0) is 61.7 Å². The van der Waals surface area contributed by atoms with E-state index in [1.165, 1.54) is 17.3 Å². The predicted octanol–water partition coefficient (Wildman–Crippen LogP) is 4.27. The summed E-state index contributed by atoms with van der Waals surface area (Å²) in [6.45, 7) is 4.12. The van der Waals surface area contributed by atoms with Crippen molar-refractivity contribution >= 4 is 39.9 Å². The van der Waals surface area contributed by atoms with Crippen molar-refractivity contribution in [2.75, 3.05) is 17.8 Å². The van der Waals surface area contributed by atoms with Crippen LogP contribution in [0.2, 0.25) is 0 Å². The Morgan fingerprint density at radius 1 is 1.20 bits per heavy atom. The third kappa shape index (κ3) is 3.01. The molecule has 1 aliphatic rings. The maximum absolute atomic E-state index is 13.1. The smallest absolute Gasteiger partial charge is 0.237 e. The van der Waals surface area contributed by atoms with Crippen LogP contribution in [0.5, 0.6) is 5.75 Å². The average Bonchev–Trinajstić information content (AvgIpc) is 3.32. The van der Waals surface area contributed by atoms with Gasteiger partial charge in [-0.15, -0.1) is 10.2 Å². The fraction of sp³-hybridized carbons (Fsp3) is 0.261. The number of methoxy groups -OCH3 is 1. The van der Waals surface area contributed by atoms with Crippen LogP contribution in [0.1, 0.15) is 18.1 Å². The molecule has 5 rings (SSSR count). The Bertz CT molecular complexity index is 1280. The molecular formula is C23H22N4O2S. The standard InChI is InChI=1S/C23H22N4O2S/c1-14-10-17-12-18(29-3)8-9-20(17)27-22(14)24-25-23(27)30-13-21(28)26-15(2)11-16-6-4-5-7-19(16)26/h4-10,12,15H,11,13H2,1-3H3/t15-/m1/s1. The number of carbonyl (C=O) groups is 1. The van der Waals surface area contributed by atoms with Gasteiger partial charge in [0.2, 0.25) is 5.91 Å². The number of fused-ring (bicyclic) bond motifs is 4. The normalized spacial score (nSPS) is 15.7. The van der Waals surface area contributed by atoms with Crippen molar-refractivity contribution in [1.82, 2.24) is 14.6 Å². The highest BCUT2D eigenvalue weighted by Crippen LogP contribution is 2.33. The Labute approximate surface area is 178 Å². The molecule has 2 aromatic heterocycles. The first-order chi connectivity index (χ1) is 14.6. The molecule has 1 atom stereocenters. The number of carbonyl (C=O) groups excluding carboxylic acids is 1. The van der Waals surface area contributed by atoms with Crippen molar-refractivity contribution in [2.45, 2.75) is 31.5 Å². The minimum absolute atomic E-state index is 0.0906. The molecule has 0 fully saturated rings. The molecule has 4 aromatic rings. The fourth-order valence-corrected chi connectivity index (χ4v) is 5.06. The average molecular weight is 419 g/mol. The number of pyridine rings is 1. The molecule has 1 aliphatic heterocycles. The second-order valence-electron chi connectivity index (χ2n) is 7.63. The van der Waals surface area contributed by atoms with E-state index < -0.39 is 0 Å². The van der Waals surface area contributed by atoms with Gasteiger partial charge in [0, 0.05) is 17.1 Å². The van der Waals surface area contributed by atoms with Crippen LogP contribution in [0.3, 0.4) is 0 Å². The summed E-state index contributed by atoms with van der Waals surface area (Å²) in [6, 6.07) is 16.3. The Hall–Kier alpha value is -3.06. The number of aromatic nitrogens is 3. The van der Waals surface area contributed by atoms with E-state index in [2.05, 4.69) is 29.3 Å². The SMILES string of the molecule is COc1ccc2c(c1)cc(C)c1nnc(SCC(=O)N3c4ccccc4C[C@H]3C)n12. The van der Waals surface area contributed by atoms with Crippen LogP contribution in [0, 0.1) is 6.92 Å². The molecule has 0 unspecified atom stereocenters. The molecule has 30 heavy (non-hydrogen) atoms. The maximum Gasteiger partial charge on any atom is 0.237 e.